The minimum Gasteiger partial charge on any atom is -0.381 e. The zero-order chi connectivity index (χ0) is 8.53. The molecular weight excluding hydrogens is 156 g/mol. The molecule has 0 aliphatic heterocycles. The number of hydrogen-bond acceptors (Lipinski definition) is 2. The van der Waals surface area contributed by atoms with Crippen LogP contribution in [-0.4, -0.2) is 19.0 Å². The van der Waals surface area contributed by atoms with Gasteiger partial charge in [-0.1, -0.05) is 26.2 Å². The Balaban J connectivity index is 3.01. The molecule has 64 valence electrons. The zero-order valence-corrected chi connectivity index (χ0v) is 7.95. The number of rotatable bonds is 7. The van der Waals surface area contributed by atoms with Gasteiger partial charge in [-0.2, -0.15) is 0 Å². The van der Waals surface area contributed by atoms with Gasteiger partial charge in [-0.05, 0) is 11.3 Å². The molecule has 0 atom stereocenters. The maximum atomic E-state index is 5.28. The molecule has 0 aliphatic carbocycles. The van der Waals surface area contributed by atoms with Gasteiger partial charge in [-0.3, -0.25) is 0 Å². The summed E-state index contributed by atoms with van der Waals surface area (Å²) in [5.74, 6) is 0.977. The Morgan fingerprint density at radius 3 is 2.82 bits per heavy atom. The minimum absolute atomic E-state index is 0.811. The molecule has 0 fully saturated rings. The lowest BCUT2D eigenvalue weighted by atomic mass is 10.5. The predicted octanol–water partition coefficient (Wildman–Crippen LogP) is 2.85. The van der Waals surface area contributed by atoms with Crippen molar-refractivity contribution in [2.75, 3.05) is 19.0 Å². The molecule has 0 saturated heterocycles. The van der Waals surface area contributed by atoms with Gasteiger partial charge in [0.15, 0.2) is 0 Å². The van der Waals surface area contributed by atoms with E-state index >= 15 is 0 Å². The number of allylic oxidation sites excluding steroid dienone is 1. The fourth-order valence-electron chi connectivity index (χ4n) is 0.537. The third kappa shape index (κ3) is 7.69. The molecular formula is C9H16OS. The number of hydrogen-bond donors (Lipinski definition) is 0. The van der Waals surface area contributed by atoms with E-state index in [4.69, 9.17) is 4.74 Å². The van der Waals surface area contributed by atoms with Crippen LogP contribution in [0.2, 0.25) is 0 Å². The van der Waals surface area contributed by atoms with Gasteiger partial charge in [-0.25, -0.2) is 0 Å². The topological polar surface area (TPSA) is 9.23 Å². The van der Waals surface area contributed by atoms with Crippen molar-refractivity contribution in [3.8, 4) is 0 Å². The first-order valence-electron chi connectivity index (χ1n) is 3.83. The van der Waals surface area contributed by atoms with E-state index in [1.165, 1.54) is 0 Å². The predicted molar refractivity (Wildman–Crippen MR) is 52.9 cm³/mol. The van der Waals surface area contributed by atoms with Crippen LogP contribution in [0, 0.1) is 0 Å². The highest BCUT2D eigenvalue weighted by molar-refractivity contribution is 8.03. The van der Waals surface area contributed by atoms with E-state index in [9.17, 15) is 0 Å². The minimum atomic E-state index is 0.811. The maximum Gasteiger partial charge on any atom is 0.0560 e. The fraction of sp³-hybridized carbons (Fsp3) is 0.556. The average molecular weight is 172 g/mol. The Kier molecular flexibility index (Phi) is 7.74. The van der Waals surface area contributed by atoms with Crippen LogP contribution >= 0.6 is 11.8 Å². The molecule has 0 N–H and O–H groups in total. The van der Waals surface area contributed by atoms with E-state index in [0.29, 0.717) is 0 Å². The lowest BCUT2D eigenvalue weighted by Crippen LogP contribution is -1.97. The van der Waals surface area contributed by atoms with Crippen LogP contribution in [0.4, 0.5) is 0 Å². The van der Waals surface area contributed by atoms with E-state index in [-0.39, 0.29) is 0 Å². The zero-order valence-electron chi connectivity index (χ0n) is 7.14. The quantitative estimate of drug-likeness (QED) is 0.431. The summed E-state index contributed by atoms with van der Waals surface area (Å²) in [7, 11) is 0. The van der Waals surface area contributed by atoms with Crippen molar-refractivity contribution >= 4 is 11.8 Å². The molecule has 0 aromatic rings. The second-order valence-electron chi connectivity index (χ2n) is 2.13. The largest absolute Gasteiger partial charge is 0.381 e. The van der Waals surface area contributed by atoms with Gasteiger partial charge < -0.3 is 4.74 Å². The van der Waals surface area contributed by atoms with Gasteiger partial charge in [0.05, 0.1) is 6.61 Å². The number of ether oxygens (including phenoxy) is 1. The Morgan fingerprint density at radius 1 is 1.55 bits per heavy atom. The first-order valence-corrected chi connectivity index (χ1v) is 4.81. The van der Waals surface area contributed by atoms with E-state index < -0.39 is 0 Å². The van der Waals surface area contributed by atoms with E-state index in [1.807, 2.05) is 0 Å². The lowest BCUT2D eigenvalue weighted by molar-refractivity contribution is 0.151. The third-order valence-electron chi connectivity index (χ3n) is 1.09. The fourth-order valence-corrected chi connectivity index (χ4v) is 1.12. The molecule has 0 spiro atoms. The summed E-state index contributed by atoms with van der Waals surface area (Å²) in [4.78, 5) is 1.02. The summed E-state index contributed by atoms with van der Waals surface area (Å²) in [5.41, 5.74) is 0. The summed E-state index contributed by atoms with van der Waals surface area (Å²) < 4.78 is 5.28. The van der Waals surface area contributed by atoms with Gasteiger partial charge in [0.25, 0.3) is 0 Å². The van der Waals surface area contributed by atoms with Crippen molar-refractivity contribution in [1.29, 1.82) is 0 Å². The van der Waals surface area contributed by atoms with Gasteiger partial charge >= 0.3 is 0 Å². The van der Waals surface area contributed by atoms with Crippen molar-refractivity contribution in [2.45, 2.75) is 13.3 Å². The summed E-state index contributed by atoms with van der Waals surface area (Å²) in [5, 5.41) is 0. The molecule has 0 aromatic heterocycles. The molecule has 1 nitrogen and oxygen atoms in total. The van der Waals surface area contributed by atoms with Crippen LogP contribution in [0.5, 0.6) is 0 Å². The van der Waals surface area contributed by atoms with Crippen molar-refractivity contribution in [1.82, 2.24) is 0 Å². The maximum absolute atomic E-state index is 5.28. The highest BCUT2D eigenvalue weighted by Gasteiger charge is 1.89. The summed E-state index contributed by atoms with van der Waals surface area (Å²) in [6.45, 7) is 11.2. The van der Waals surface area contributed by atoms with Gasteiger partial charge in [0.1, 0.15) is 0 Å². The van der Waals surface area contributed by atoms with Crippen LogP contribution in [0.15, 0.2) is 24.1 Å². The van der Waals surface area contributed by atoms with Crippen LogP contribution in [-0.2, 0) is 4.74 Å². The Labute approximate surface area is 73.5 Å². The molecule has 0 rings (SSSR count). The average Bonchev–Trinajstić information content (AvgIpc) is 2.04. The molecule has 0 heterocycles. The molecule has 2 heteroatoms. The Morgan fingerprint density at radius 2 is 2.27 bits per heavy atom. The first kappa shape index (κ1) is 10.8. The van der Waals surface area contributed by atoms with Crippen LogP contribution in [0.25, 0.3) is 0 Å². The van der Waals surface area contributed by atoms with E-state index in [2.05, 4.69) is 20.1 Å². The molecule has 0 unspecified atom stereocenters. The standard InChI is InChI=1S/C9H16OS/c1-4-6-10-7-8-11-9(3)5-2/h5H,2-4,6-8H2,1H3. The molecule has 11 heavy (non-hydrogen) atoms. The summed E-state index contributed by atoms with van der Waals surface area (Å²) in [6, 6.07) is 0. The third-order valence-corrected chi connectivity index (χ3v) is 2.00. The van der Waals surface area contributed by atoms with Crippen molar-refractivity contribution in [2.24, 2.45) is 0 Å². The second kappa shape index (κ2) is 7.89. The molecule has 0 aromatic carbocycles. The normalized spacial score (nSPS) is 9.55. The molecule has 0 aliphatic rings. The van der Waals surface area contributed by atoms with Gasteiger partial charge in [-0.15, -0.1) is 11.8 Å². The summed E-state index contributed by atoms with van der Waals surface area (Å²) >= 11 is 1.69. The van der Waals surface area contributed by atoms with Crippen molar-refractivity contribution in [3.05, 3.63) is 24.1 Å². The highest BCUT2D eigenvalue weighted by Crippen LogP contribution is 2.12. The van der Waals surface area contributed by atoms with Gasteiger partial charge in [0.2, 0.25) is 0 Å². The van der Waals surface area contributed by atoms with Gasteiger partial charge in [0, 0.05) is 12.4 Å². The lowest BCUT2D eigenvalue weighted by Gasteiger charge is -2.01. The van der Waals surface area contributed by atoms with Crippen LogP contribution in [0.3, 0.4) is 0 Å². The second-order valence-corrected chi connectivity index (χ2v) is 3.35. The van der Waals surface area contributed by atoms with Crippen molar-refractivity contribution in [3.63, 3.8) is 0 Å². The summed E-state index contributed by atoms with van der Waals surface area (Å²) in [6.07, 6.45) is 2.86. The smallest absolute Gasteiger partial charge is 0.0560 e. The first-order chi connectivity index (χ1) is 5.31. The molecule has 0 radical (unpaired) electrons. The highest BCUT2D eigenvalue weighted by atomic mass is 32.2. The molecule has 0 bridgehead atoms. The molecule has 0 saturated carbocycles. The number of thioether (sulfide) groups is 1. The van der Waals surface area contributed by atoms with E-state index in [0.717, 1.165) is 30.3 Å². The van der Waals surface area contributed by atoms with E-state index in [1.54, 1.807) is 17.8 Å². The van der Waals surface area contributed by atoms with Crippen LogP contribution in [0.1, 0.15) is 13.3 Å². The van der Waals surface area contributed by atoms with Crippen molar-refractivity contribution < 1.29 is 4.74 Å². The van der Waals surface area contributed by atoms with Crippen LogP contribution < -0.4 is 0 Å². The SMILES string of the molecule is C=CC(=C)SCCOCCC. The monoisotopic (exact) mass is 172 g/mol. The Bertz CT molecular complexity index is 121. The molecule has 0 amide bonds. The Hall–Kier alpha value is -0.210.